The zero-order valence-corrected chi connectivity index (χ0v) is 17.8. The number of thiazole rings is 1. The van der Waals surface area contributed by atoms with Crippen molar-refractivity contribution < 1.29 is 14.3 Å². The predicted molar refractivity (Wildman–Crippen MR) is 118 cm³/mol. The lowest BCUT2D eigenvalue weighted by molar-refractivity contribution is -0.130. The number of cyclic esters (lactones) is 1. The van der Waals surface area contributed by atoms with Gasteiger partial charge < -0.3 is 4.74 Å². The molecular formula is C21H13Cl2N3O3S. The molecule has 0 saturated heterocycles. The van der Waals surface area contributed by atoms with Crippen molar-refractivity contribution in [3.05, 3.63) is 80.9 Å². The number of hydrogen-bond donors (Lipinski definition) is 0. The highest BCUT2D eigenvalue weighted by Crippen LogP contribution is 2.30. The van der Waals surface area contributed by atoms with Gasteiger partial charge in [0.05, 0.1) is 22.0 Å². The van der Waals surface area contributed by atoms with Gasteiger partial charge in [-0.3, -0.25) is 9.69 Å². The summed E-state index contributed by atoms with van der Waals surface area (Å²) in [5.41, 5.74) is 1.73. The van der Waals surface area contributed by atoms with Crippen molar-refractivity contribution in [2.45, 2.75) is 6.92 Å². The molecule has 6 nitrogen and oxygen atoms in total. The average molecular weight is 458 g/mol. The van der Waals surface area contributed by atoms with Gasteiger partial charge in [-0.05, 0) is 36.4 Å². The van der Waals surface area contributed by atoms with Crippen molar-refractivity contribution in [1.29, 1.82) is 0 Å². The van der Waals surface area contributed by atoms with Gasteiger partial charge in [-0.1, -0.05) is 41.4 Å². The highest BCUT2D eigenvalue weighted by atomic mass is 35.5. The van der Waals surface area contributed by atoms with Gasteiger partial charge in [0.25, 0.3) is 0 Å². The number of para-hydroxylation sites is 1. The fourth-order valence-electron chi connectivity index (χ4n) is 2.78. The standard InChI is InChI=1S/C21H13Cl2N3O3S/c1-12(27)26(15-5-3-2-4-6-15)21-24-14(11-30-21)10-18-20(28)29-19(25-18)16-8-7-13(22)9-17(16)23/h2-11H,1H3/b18-10+. The third kappa shape index (κ3) is 4.14. The number of amides is 1. The van der Waals surface area contributed by atoms with Gasteiger partial charge in [-0.2, -0.15) is 0 Å². The minimum absolute atomic E-state index is 0.0851. The Labute approximate surface area is 186 Å². The maximum absolute atomic E-state index is 12.2. The first-order valence-electron chi connectivity index (χ1n) is 8.71. The molecule has 0 radical (unpaired) electrons. The molecule has 1 aromatic heterocycles. The number of nitrogens with zero attached hydrogens (tertiary/aromatic N) is 3. The van der Waals surface area contributed by atoms with E-state index < -0.39 is 5.97 Å². The maximum atomic E-state index is 12.2. The Kier molecular flexibility index (Phi) is 5.67. The van der Waals surface area contributed by atoms with Crippen molar-refractivity contribution in [3.8, 4) is 0 Å². The molecule has 1 amide bonds. The SMILES string of the molecule is CC(=O)N(c1ccccc1)c1nc(/C=C2/N=C(c3ccc(Cl)cc3Cl)OC2=O)cs1. The number of rotatable bonds is 4. The monoisotopic (exact) mass is 457 g/mol. The Morgan fingerprint density at radius 2 is 1.93 bits per heavy atom. The summed E-state index contributed by atoms with van der Waals surface area (Å²) < 4.78 is 5.24. The second-order valence-corrected chi connectivity index (χ2v) is 7.89. The van der Waals surface area contributed by atoms with Gasteiger partial charge in [0, 0.05) is 17.3 Å². The molecule has 0 unspecified atom stereocenters. The molecule has 0 fully saturated rings. The van der Waals surface area contributed by atoms with Crippen LogP contribution in [-0.2, 0) is 14.3 Å². The number of halogens is 2. The normalized spacial score (nSPS) is 14.6. The molecular weight excluding hydrogens is 445 g/mol. The Morgan fingerprint density at radius 3 is 2.63 bits per heavy atom. The molecule has 150 valence electrons. The zero-order chi connectivity index (χ0) is 21.3. The number of hydrogen-bond acceptors (Lipinski definition) is 6. The van der Waals surface area contributed by atoms with E-state index in [-0.39, 0.29) is 17.5 Å². The summed E-state index contributed by atoms with van der Waals surface area (Å²) >= 11 is 13.4. The molecule has 1 aliphatic heterocycles. The third-order valence-electron chi connectivity index (χ3n) is 4.10. The van der Waals surface area contributed by atoms with Crippen LogP contribution >= 0.6 is 34.5 Å². The number of ether oxygens (including phenoxy) is 1. The molecule has 2 heterocycles. The van der Waals surface area contributed by atoms with E-state index in [0.29, 0.717) is 32.1 Å². The van der Waals surface area contributed by atoms with E-state index in [0.717, 1.165) is 0 Å². The van der Waals surface area contributed by atoms with Crippen LogP contribution in [0.4, 0.5) is 10.8 Å². The molecule has 30 heavy (non-hydrogen) atoms. The summed E-state index contributed by atoms with van der Waals surface area (Å²) in [5, 5.41) is 3.01. The number of benzene rings is 2. The molecule has 4 rings (SSSR count). The van der Waals surface area contributed by atoms with E-state index in [1.165, 1.54) is 29.2 Å². The van der Waals surface area contributed by atoms with Crippen LogP contribution in [0.25, 0.3) is 6.08 Å². The number of carbonyl (C=O) groups excluding carboxylic acids is 2. The number of anilines is 2. The Balaban J connectivity index is 1.64. The third-order valence-corrected chi connectivity index (χ3v) is 5.49. The molecule has 9 heteroatoms. The van der Waals surface area contributed by atoms with E-state index in [9.17, 15) is 9.59 Å². The first-order valence-corrected chi connectivity index (χ1v) is 10.3. The van der Waals surface area contributed by atoms with Gasteiger partial charge in [-0.25, -0.2) is 14.8 Å². The second kappa shape index (κ2) is 8.39. The fraction of sp³-hybridized carbons (Fsp3) is 0.0476. The first-order chi connectivity index (χ1) is 14.4. The van der Waals surface area contributed by atoms with Gasteiger partial charge in [0.15, 0.2) is 10.8 Å². The van der Waals surface area contributed by atoms with Crippen LogP contribution in [0.1, 0.15) is 18.2 Å². The van der Waals surface area contributed by atoms with E-state index in [2.05, 4.69) is 9.98 Å². The Bertz CT molecular complexity index is 1210. The van der Waals surface area contributed by atoms with E-state index >= 15 is 0 Å². The van der Waals surface area contributed by atoms with Crippen LogP contribution in [-0.4, -0.2) is 22.8 Å². The van der Waals surface area contributed by atoms with Crippen LogP contribution < -0.4 is 4.90 Å². The van der Waals surface area contributed by atoms with Crippen LogP contribution in [0.5, 0.6) is 0 Å². The van der Waals surface area contributed by atoms with Crippen molar-refractivity contribution in [2.75, 3.05) is 4.90 Å². The molecule has 0 spiro atoms. The van der Waals surface area contributed by atoms with Crippen molar-refractivity contribution in [3.63, 3.8) is 0 Å². The van der Waals surface area contributed by atoms with Gasteiger partial charge in [-0.15, -0.1) is 11.3 Å². The first kappa shape index (κ1) is 20.3. The van der Waals surface area contributed by atoms with E-state index in [1.807, 2.05) is 30.3 Å². The Morgan fingerprint density at radius 1 is 1.17 bits per heavy atom. The molecule has 3 aromatic rings. The largest absolute Gasteiger partial charge is 0.402 e. The number of aliphatic imine (C=N–C) groups is 1. The van der Waals surface area contributed by atoms with Crippen LogP contribution in [0.15, 0.2) is 64.6 Å². The van der Waals surface area contributed by atoms with Crippen LogP contribution in [0.2, 0.25) is 10.0 Å². The molecule has 0 aliphatic carbocycles. The number of carbonyl (C=O) groups is 2. The van der Waals surface area contributed by atoms with Gasteiger partial charge >= 0.3 is 5.97 Å². The van der Waals surface area contributed by atoms with Crippen LogP contribution in [0, 0.1) is 0 Å². The van der Waals surface area contributed by atoms with Gasteiger partial charge in [0.2, 0.25) is 11.8 Å². The lowest BCUT2D eigenvalue weighted by Gasteiger charge is -2.17. The highest BCUT2D eigenvalue weighted by molar-refractivity contribution is 7.14. The van der Waals surface area contributed by atoms with Crippen molar-refractivity contribution >= 4 is 69.2 Å². The summed E-state index contributed by atoms with van der Waals surface area (Å²) in [6.07, 6.45) is 1.50. The van der Waals surface area contributed by atoms with Crippen molar-refractivity contribution in [2.24, 2.45) is 4.99 Å². The summed E-state index contributed by atoms with van der Waals surface area (Å²) in [4.78, 5) is 34.6. The molecule has 0 atom stereocenters. The number of esters is 1. The van der Waals surface area contributed by atoms with Crippen LogP contribution in [0.3, 0.4) is 0 Å². The molecule has 2 aromatic carbocycles. The summed E-state index contributed by atoms with van der Waals surface area (Å²) in [6, 6.07) is 14.0. The molecule has 0 N–H and O–H groups in total. The Hall–Kier alpha value is -3.00. The van der Waals surface area contributed by atoms with Gasteiger partial charge in [0.1, 0.15) is 0 Å². The summed E-state index contributed by atoms with van der Waals surface area (Å²) in [7, 11) is 0. The fourth-order valence-corrected chi connectivity index (χ4v) is 4.11. The quantitative estimate of drug-likeness (QED) is 0.384. The van der Waals surface area contributed by atoms with Crippen molar-refractivity contribution in [1.82, 2.24) is 4.98 Å². The minimum atomic E-state index is -0.614. The predicted octanol–water partition coefficient (Wildman–Crippen LogP) is 5.48. The second-order valence-electron chi connectivity index (χ2n) is 6.21. The smallest absolute Gasteiger partial charge is 0.363 e. The lowest BCUT2D eigenvalue weighted by Crippen LogP contribution is -2.22. The molecule has 0 bridgehead atoms. The maximum Gasteiger partial charge on any atom is 0.363 e. The molecule has 1 aliphatic rings. The highest BCUT2D eigenvalue weighted by Gasteiger charge is 2.26. The summed E-state index contributed by atoms with van der Waals surface area (Å²) in [5.74, 6) is -0.692. The molecule has 0 saturated carbocycles. The van der Waals surface area contributed by atoms with E-state index in [4.69, 9.17) is 27.9 Å². The number of aromatic nitrogens is 1. The average Bonchev–Trinajstić information content (AvgIpc) is 3.30. The topological polar surface area (TPSA) is 71.9 Å². The zero-order valence-electron chi connectivity index (χ0n) is 15.5. The summed E-state index contributed by atoms with van der Waals surface area (Å²) in [6.45, 7) is 1.47. The lowest BCUT2D eigenvalue weighted by atomic mass is 10.2. The minimum Gasteiger partial charge on any atom is -0.402 e. The van der Waals surface area contributed by atoms with E-state index in [1.54, 1.807) is 23.6 Å².